The average Bonchev–Trinajstić information content (AvgIpc) is 2.54. The molecule has 0 spiro atoms. The zero-order valence-electron chi connectivity index (χ0n) is 12.3. The van der Waals surface area contributed by atoms with Gasteiger partial charge in [-0.1, -0.05) is 36.4 Å². The van der Waals surface area contributed by atoms with E-state index in [-0.39, 0.29) is 11.1 Å². The number of rotatable bonds is 3. The number of hydrogen-bond acceptors (Lipinski definition) is 6. The molecule has 1 aromatic carbocycles. The van der Waals surface area contributed by atoms with Gasteiger partial charge in [-0.05, 0) is 11.6 Å². The Morgan fingerprint density at radius 2 is 1.67 bits per heavy atom. The predicted octanol–water partition coefficient (Wildman–Crippen LogP) is 2.39. The molecule has 1 aromatic heterocycles. The Labute approximate surface area is 137 Å². The van der Waals surface area contributed by atoms with Crippen molar-refractivity contribution in [3.05, 3.63) is 66.0 Å². The van der Waals surface area contributed by atoms with Crippen LogP contribution in [-0.2, 0) is 24.6 Å². The van der Waals surface area contributed by atoms with Crippen LogP contribution in [0.5, 0.6) is 0 Å². The van der Waals surface area contributed by atoms with Crippen LogP contribution in [-0.4, -0.2) is 25.0 Å². The smallest absolute Gasteiger partial charge is 0.367 e. The van der Waals surface area contributed by atoms with E-state index in [1.807, 2.05) is 0 Å². The fraction of sp³-hybridized carbons (Fsp3) is 0.214. The number of benzene rings is 1. The van der Waals surface area contributed by atoms with Gasteiger partial charge < -0.3 is 14.9 Å². The predicted molar refractivity (Wildman–Crippen MR) is 83.9 cm³/mol. The molecule has 10 heteroatoms. The third-order valence-corrected chi connectivity index (χ3v) is 8.22. The van der Waals surface area contributed by atoms with Gasteiger partial charge >= 0.3 is 15.2 Å². The third-order valence-electron chi connectivity index (χ3n) is 3.62. The molecular formula is C14H15NO7P2. The quantitative estimate of drug-likeness (QED) is 0.702. The lowest BCUT2D eigenvalue weighted by molar-refractivity contribution is -0.0579. The molecule has 1 aliphatic heterocycles. The Balaban J connectivity index is 1.97. The van der Waals surface area contributed by atoms with Crippen LogP contribution >= 0.6 is 15.2 Å². The fourth-order valence-corrected chi connectivity index (χ4v) is 5.89. The highest BCUT2D eigenvalue weighted by atomic mass is 31.2. The zero-order valence-corrected chi connectivity index (χ0v) is 14.1. The summed E-state index contributed by atoms with van der Waals surface area (Å²) in [6, 6.07) is 11.0. The van der Waals surface area contributed by atoms with Gasteiger partial charge in [-0.25, -0.2) is 0 Å². The minimum atomic E-state index is -4.93. The van der Waals surface area contributed by atoms with E-state index in [0.717, 1.165) is 0 Å². The minimum Gasteiger partial charge on any atom is -0.367 e. The maximum absolute atomic E-state index is 12.5. The second kappa shape index (κ2) is 6.17. The molecule has 2 aromatic rings. The van der Waals surface area contributed by atoms with E-state index >= 15 is 0 Å². The summed E-state index contributed by atoms with van der Waals surface area (Å²) in [5, 5.41) is 7.56. The topological polar surface area (TPSA) is 126 Å². The average molecular weight is 371 g/mol. The molecule has 0 aliphatic carbocycles. The molecule has 0 amide bonds. The summed E-state index contributed by atoms with van der Waals surface area (Å²) in [6.07, 6.45) is 0.613. The van der Waals surface area contributed by atoms with Gasteiger partial charge in [0.05, 0.1) is 0 Å². The van der Waals surface area contributed by atoms with Gasteiger partial charge in [0.15, 0.2) is 0 Å². The summed E-state index contributed by atoms with van der Waals surface area (Å²) < 4.78 is 35.0. The molecule has 8 nitrogen and oxygen atoms in total. The molecule has 3 N–H and O–H groups in total. The zero-order chi connectivity index (χ0) is 17.4. The highest BCUT2D eigenvalue weighted by Crippen LogP contribution is 2.79. The van der Waals surface area contributed by atoms with Crippen molar-refractivity contribution in [2.75, 3.05) is 0 Å². The van der Waals surface area contributed by atoms with Gasteiger partial charge in [0.2, 0.25) is 6.29 Å². The van der Waals surface area contributed by atoms with E-state index in [9.17, 15) is 24.0 Å². The third kappa shape index (κ3) is 2.98. The lowest BCUT2D eigenvalue weighted by Gasteiger charge is -2.41. The molecule has 24 heavy (non-hydrogen) atoms. The largest absolute Gasteiger partial charge is 0.374 e. The summed E-state index contributed by atoms with van der Waals surface area (Å²) in [5.41, 5.74) is 0.568. The van der Waals surface area contributed by atoms with Crippen molar-refractivity contribution in [2.24, 2.45) is 0 Å². The van der Waals surface area contributed by atoms with Gasteiger partial charge in [0.1, 0.15) is 0 Å². The summed E-state index contributed by atoms with van der Waals surface area (Å²) >= 11 is 0. The fourth-order valence-electron chi connectivity index (χ4n) is 2.32. The molecule has 2 heterocycles. The van der Waals surface area contributed by atoms with Crippen LogP contribution in [0, 0.1) is 0 Å². The van der Waals surface area contributed by atoms with Crippen LogP contribution in [0.25, 0.3) is 0 Å². The van der Waals surface area contributed by atoms with E-state index in [1.165, 1.54) is 36.7 Å². The van der Waals surface area contributed by atoms with Gasteiger partial charge in [-0.2, -0.15) is 0 Å². The van der Waals surface area contributed by atoms with Crippen molar-refractivity contribution in [1.29, 1.82) is 0 Å². The maximum atomic E-state index is 12.5. The molecule has 0 bridgehead atoms. The monoisotopic (exact) mass is 371 g/mol. The first kappa shape index (κ1) is 17.5. The van der Waals surface area contributed by atoms with Crippen LogP contribution in [0.1, 0.15) is 17.4 Å². The van der Waals surface area contributed by atoms with Crippen LogP contribution < -0.4 is 0 Å². The van der Waals surface area contributed by atoms with E-state index in [4.69, 9.17) is 9.05 Å². The number of pyridine rings is 1. The molecule has 1 saturated heterocycles. The van der Waals surface area contributed by atoms with Crippen LogP contribution in [0.4, 0.5) is 0 Å². The summed E-state index contributed by atoms with van der Waals surface area (Å²) in [4.78, 5) is 24.1. The first-order valence-electron chi connectivity index (χ1n) is 6.94. The van der Waals surface area contributed by atoms with Gasteiger partial charge in [0, 0.05) is 24.4 Å². The van der Waals surface area contributed by atoms with E-state index in [0.29, 0.717) is 0 Å². The Morgan fingerprint density at radius 1 is 1.04 bits per heavy atom. The van der Waals surface area contributed by atoms with E-state index in [1.54, 1.807) is 18.2 Å². The van der Waals surface area contributed by atoms with Crippen molar-refractivity contribution < 1.29 is 33.1 Å². The summed E-state index contributed by atoms with van der Waals surface area (Å²) in [5.74, 6) is 0. The Kier molecular flexibility index (Phi) is 4.49. The van der Waals surface area contributed by atoms with Crippen molar-refractivity contribution in [3.63, 3.8) is 0 Å². The lowest BCUT2D eigenvalue weighted by Crippen LogP contribution is -2.37. The second-order valence-corrected chi connectivity index (χ2v) is 9.64. The number of hydrogen-bond donors (Lipinski definition) is 3. The first-order valence-corrected chi connectivity index (χ1v) is 10.1. The molecule has 2 unspecified atom stereocenters. The van der Waals surface area contributed by atoms with Crippen LogP contribution in [0.3, 0.4) is 0 Å². The van der Waals surface area contributed by atoms with Crippen molar-refractivity contribution in [2.45, 2.75) is 17.8 Å². The molecule has 3 rings (SSSR count). The van der Waals surface area contributed by atoms with Crippen LogP contribution in [0.2, 0.25) is 0 Å². The first-order chi connectivity index (χ1) is 11.3. The number of aliphatic hydroxyl groups is 1. The number of nitrogens with zero attached hydrogens (tertiary/aromatic N) is 1. The molecule has 1 aliphatic rings. The van der Waals surface area contributed by atoms with E-state index < -0.39 is 33.0 Å². The van der Waals surface area contributed by atoms with Crippen molar-refractivity contribution in [3.8, 4) is 0 Å². The SMILES string of the molecule is O=P1(O)OC(c2ccccc2)OP(=O)(O)C1(O)Cc1cccnc1. The Morgan fingerprint density at radius 3 is 2.21 bits per heavy atom. The summed E-state index contributed by atoms with van der Waals surface area (Å²) in [7, 11) is -9.86. The normalized spacial score (nSPS) is 36.4. The van der Waals surface area contributed by atoms with Crippen LogP contribution in [0.15, 0.2) is 54.9 Å². The number of aromatic nitrogens is 1. The highest BCUT2D eigenvalue weighted by Gasteiger charge is 2.67. The van der Waals surface area contributed by atoms with Crippen molar-refractivity contribution >= 4 is 15.2 Å². The maximum Gasteiger partial charge on any atom is 0.374 e. The molecule has 0 radical (unpaired) electrons. The molecule has 2 atom stereocenters. The van der Waals surface area contributed by atoms with Gasteiger partial charge in [0.25, 0.3) is 5.08 Å². The van der Waals surface area contributed by atoms with E-state index in [2.05, 4.69) is 4.98 Å². The lowest BCUT2D eigenvalue weighted by atomic mass is 10.2. The molecule has 0 saturated carbocycles. The standard InChI is InChI=1S/C14H15NO7P2/c16-14(9-11-5-4-8-15-10-11)23(17,18)21-13(22-24(14,19)20)12-6-2-1-3-7-12/h1-8,10,13,16H,9H2,(H,17,18)(H,19,20). The molecule has 1 fully saturated rings. The second-order valence-electron chi connectivity index (χ2n) is 5.31. The van der Waals surface area contributed by atoms with Crippen molar-refractivity contribution in [1.82, 2.24) is 4.98 Å². The Bertz CT molecular complexity index is 788. The Hall–Kier alpha value is -1.37. The van der Waals surface area contributed by atoms with Gasteiger partial charge in [-0.15, -0.1) is 0 Å². The molecule has 128 valence electrons. The highest BCUT2D eigenvalue weighted by molar-refractivity contribution is 7.73. The summed E-state index contributed by atoms with van der Waals surface area (Å²) in [6.45, 7) is 0. The molecular weight excluding hydrogens is 356 g/mol. The minimum absolute atomic E-state index is 0.282. The van der Waals surface area contributed by atoms with Gasteiger partial charge in [-0.3, -0.25) is 23.2 Å².